The van der Waals surface area contributed by atoms with Crippen molar-refractivity contribution in [2.24, 2.45) is 0 Å². The number of piperazine rings is 1. The zero-order valence-corrected chi connectivity index (χ0v) is 17.5. The first-order chi connectivity index (χ1) is 14.4. The lowest BCUT2D eigenvalue weighted by molar-refractivity contribution is -0.384. The topological polar surface area (TPSA) is 97.2 Å². The second-order valence-electron chi connectivity index (χ2n) is 6.57. The van der Waals surface area contributed by atoms with E-state index in [1.54, 1.807) is 43.5 Å². The predicted molar refractivity (Wildman–Crippen MR) is 116 cm³/mol. The number of rotatable bonds is 5. The minimum Gasteiger partial charge on any atom is -0.497 e. The van der Waals surface area contributed by atoms with Gasteiger partial charge in [0.25, 0.3) is 11.6 Å². The van der Waals surface area contributed by atoms with Gasteiger partial charge in [0.1, 0.15) is 17.2 Å². The van der Waals surface area contributed by atoms with Gasteiger partial charge >= 0.3 is 0 Å². The molecule has 0 saturated carbocycles. The van der Waals surface area contributed by atoms with E-state index in [2.05, 4.69) is 5.32 Å². The van der Waals surface area contributed by atoms with E-state index in [-0.39, 0.29) is 11.6 Å². The molecular weight excluding hydrogens is 408 g/mol. The Morgan fingerprint density at radius 2 is 1.63 bits per heavy atom. The van der Waals surface area contributed by atoms with Gasteiger partial charge in [0, 0.05) is 31.7 Å². The van der Waals surface area contributed by atoms with Gasteiger partial charge in [-0.1, -0.05) is 0 Å². The molecule has 1 aliphatic rings. The van der Waals surface area contributed by atoms with Gasteiger partial charge in [-0.25, -0.2) is 0 Å². The van der Waals surface area contributed by atoms with Gasteiger partial charge in [0.15, 0.2) is 5.11 Å². The maximum Gasteiger partial charge on any atom is 0.296 e. The molecule has 0 aliphatic carbocycles. The summed E-state index contributed by atoms with van der Waals surface area (Å²) < 4.78 is 10.2. The zero-order chi connectivity index (χ0) is 21.7. The zero-order valence-electron chi connectivity index (χ0n) is 16.7. The molecule has 2 aromatic carbocycles. The maximum atomic E-state index is 12.4. The molecule has 1 fully saturated rings. The number of nitrogens with zero attached hydrogens (tertiary/aromatic N) is 3. The van der Waals surface area contributed by atoms with Crippen LogP contribution in [0.25, 0.3) is 0 Å². The molecule has 9 nitrogen and oxygen atoms in total. The van der Waals surface area contributed by atoms with E-state index in [1.807, 2.05) is 9.80 Å². The number of hydrogen-bond acceptors (Lipinski definition) is 7. The molecule has 158 valence electrons. The van der Waals surface area contributed by atoms with Crippen LogP contribution in [-0.2, 0) is 0 Å². The van der Waals surface area contributed by atoms with E-state index < -0.39 is 4.92 Å². The summed E-state index contributed by atoms with van der Waals surface area (Å²) in [6, 6.07) is 11.6. The van der Waals surface area contributed by atoms with E-state index >= 15 is 0 Å². The van der Waals surface area contributed by atoms with E-state index in [4.69, 9.17) is 21.7 Å². The number of carbonyl (C=O) groups is 1. The van der Waals surface area contributed by atoms with Crippen molar-refractivity contribution >= 4 is 34.6 Å². The van der Waals surface area contributed by atoms with Gasteiger partial charge in [-0.05, 0) is 48.6 Å². The van der Waals surface area contributed by atoms with Gasteiger partial charge in [-0.2, -0.15) is 0 Å². The second-order valence-corrected chi connectivity index (χ2v) is 6.96. The Kier molecular flexibility index (Phi) is 6.68. The van der Waals surface area contributed by atoms with E-state index in [0.717, 1.165) is 0 Å². The van der Waals surface area contributed by atoms with Crippen molar-refractivity contribution in [3.8, 4) is 11.5 Å². The van der Waals surface area contributed by atoms with Crippen LogP contribution in [0.2, 0.25) is 0 Å². The number of ether oxygens (including phenoxy) is 2. The molecule has 1 saturated heterocycles. The van der Waals surface area contributed by atoms with Crippen LogP contribution in [0.5, 0.6) is 11.5 Å². The summed E-state index contributed by atoms with van der Waals surface area (Å²) in [7, 11) is 3.03. The largest absolute Gasteiger partial charge is 0.497 e. The van der Waals surface area contributed by atoms with E-state index in [0.29, 0.717) is 54.0 Å². The normalized spacial score (nSPS) is 13.5. The quantitative estimate of drug-likeness (QED) is 0.439. The van der Waals surface area contributed by atoms with Crippen LogP contribution in [0, 0.1) is 10.1 Å². The summed E-state index contributed by atoms with van der Waals surface area (Å²) >= 11 is 5.38. The number of benzene rings is 2. The molecule has 1 N–H and O–H groups in total. The van der Waals surface area contributed by atoms with Crippen LogP contribution in [0.15, 0.2) is 42.5 Å². The molecule has 1 amide bonds. The predicted octanol–water partition coefficient (Wildman–Crippen LogP) is 2.45. The number of anilines is 1. The summed E-state index contributed by atoms with van der Waals surface area (Å²) in [6.07, 6.45) is 0. The fourth-order valence-corrected chi connectivity index (χ4v) is 3.46. The lowest BCUT2D eigenvalue weighted by Gasteiger charge is -2.37. The molecule has 0 radical (unpaired) electrons. The standard InChI is InChI=1S/C20H22N4O5S/c1-28-15-5-3-14(4-6-15)19(25)21-20(30)23-11-9-22(10-12-23)17-8-7-16(29-2)13-18(17)24(26)27/h3-8,13H,9-12H2,1-2H3,(H,21,25,30). The summed E-state index contributed by atoms with van der Waals surface area (Å²) in [6.45, 7) is 2.13. The Morgan fingerprint density at radius 1 is 1.03 bits per heavy atom. The maximum absolute atomic E-state index is 12.4. The highest BCUT2D eigenvalue weighted by molar-refractivity contribution is 7.80. The van der Waals surface area contributed by atoms with E-state index in [9.17, 15) is 14.9 Å². The Bertz CT molecular complexity index is 943. The van der Waals surface area contributed by atoms with E-state index in [1.165, 1.54) is 13.2 Å². The van der Waals surface area contributed by atoms with Crippen molar-refractivity contribution < 1.29 is 19.2 Å². The van der Waals surface area contributed by atoms with Gasteiger partial charge in [-0.15, -0.1) is 0 Å². The Labute approximate surface area is 179 Å². The summed E-state index contributed by atoms with van der Waals surface area (Å²) in [4.78, 5) is 27.2. The number of thiocarbonyl (C=S) groups is 1. The third kappa shape index (κ3) is 4.77. The van der Waals surface area contributed by atoms with Gasteiger partial charge in [0.2, 0.25) is 0 Å². The van der Waals surface area contributed by atoms with Crippen LogP contribution in [-0.4, -0.2) is 61.2 Å². The summed E-state index contributed by atoms with van der Waals surface area (Å²) in [5, 5.41) is 14.5. The van der Waals surface area contributed by atoms with Gasteiger partial charge in [-0.3, -0.25) is 20.2 Å². The summed E-state index contributed by atoms with van der Waals surface area (Å²) in [5.74, 6) is 0.806. The Morgan fingerprint density at radius 3 is 2.20 bits per heavy atom. The van der Waals surface area contributed by atoms with Crippen LogP contribution < -0.4 is 19.7 Å². The number of hydrogen-bond donors (Lipinski definition) is 1. The lowest BCUT2D eigenvalue weighted by Crippen LogP contribution is -2.52. The minimum absolute atomic E-state index is 0.00168. The minimum atomic E-state index is -0.413. The number of nitro benzene ring substituents is 1. The number of carbonyl (C=O) groups excluding carboxylic acids is 1. The fraction of sp³-hybridized carbons (Fsp3) is 0.300. The van der Waals surface area contributed by atoms with Crippen molar-refractivity contribution in [1.29, 1.82) is 0 Å². The lowest BCUT2D eigenvalue weighted by atomic mass is 10.2. The molecule has 2 aromatic rings. The molecule has 10 heteroatoms. The van der Waals surface area contributed by atoms with Crippen molar-refractivity contribution in [2.45, 2.75) is 0 Å². The highest BCUT2D eigenvalue weighted by Gasteiger charge is 2.25. The third-order valence-corrected chi connectivity index (χ3v) is 5.22. The molecule has 1 aliphatic heterocycles. The van der Waals surface area contributed by atoms with Crippen LogP contribution in [0.4, 0.5) is 11.4 Å². The molecule has 0 spiro atoms. The first-order valence-electron chi connectivity index (χ1n) is 9.24. The van der Waals surface area contributed by atoms with Crippen LogP contribution in [0.3, 0.4) is 0 Å². The smallest absolute Gasteiger partial charge is 0.296 e. The van der Waals surface area contributed by atoms with Gasteiger partial charge in [0.05, 0.1) is 25.2 Å². The Hall–Kier alpha value is -3.40. The van der Waals surface area contributed by atoms with Crippen LogP contribution in [0.1, 0.15) is 10.4 Å². The van der Waals surface area contributed by atoms with Gasteiger partial charge < -0.3 is 19.3 Å². The average Bonchev–Trinajstić information content (AvgIpc) is 2.78. The highest BCUT2D eigenvalue weighted by Crippen LogP contribution is 2.32. The second kappa shape index (κ2) is 9.40. The number of nitro groups is 1. The number of methoxy groups -OCH3 is 2. The Balaban J connectivity index is 1.60. The van der Waals surface area contributed by atoms with Crippen molar-refractivity contribution in [1.82, 2.24) is 10.2 Å². The molecule has 0 bridgehead atoms. The SMILES string of the molecule is COc1ccc(C(=O)NC(=S)N2CCN(c3ccc(OC)cc3[N+](=O)[O-])CC2)cc1. The molecule has 1 heterocycles. The highest BCUT2D eigenvalue weighted by atomic mass is 32.1. The molecule has 30 heavy (non-hydrogen) atoms. The molecular formula is C20H22N4O5S. The van der Waals surface area contributed by atoms with Crippen LogP contribution >= 0.6 is 12.2 Å². The molecule has 3 rings (SSSR count). The van der Waals surface area contributed by atoms with Crippen molar-refractivity contribution in [2.75, 3.05) is 45.3 Å². The molecule has 0 atom stereocenters. The fourth-order valence-electron chi connectivity index (χ4n) is 3.19. The molecule has 0 aromatic heterocycles. The first kappa shape index (κ1) is 21.3. The first-order valence-corrected chi connectivity index (χ1v) is 9.65. The van der Waals surface area contributed by atoms with Crippen molar-refractivity contribution in [3.05, 3.63) is 58.1 Å². The molecule has 0 unspecified atom stereocenters. The number of amides is 1. The summed E-state index contributed by atoms with van der Waals surface area (Å²) in [5.41, 5.74) is 1.01. The monoisotopic (exact) mass is 430 g/mol. The van der Waals surface area contributed by atoms with Crippen molar-refractivity contribution in [3.63, 3.8) is 0 Å². The third-order valence-electron chi connectivity index (χ3n) is 4.86. The number of nitrogens with one attached hydrogen (secondary N) is 1. The average molecular weight is 430 g/mol.